The number of ketones is 1. The molecule has 78 heavy (non-hydrogen) atoms. The number of amides is 5. The van der Waals surface area contributed by atoms with Crippen molar-refractivity contribution >= 4 is 85.7 Å². The maximum Gasteiger partial charge on any atom is 0.265 e. The van der Waals surface area contributed by atoms with Crippen LogP contribution in [-0.4, -0.2) is 107 Å². The molecule has 422 valence electrons. The number of anilines is 3. The number of carbonyl (C=O) groups excluding carboxylic acids is 6. The van der Waals surface area contributed by atoms with Gasteiger partial charge in [0, 0.05) is 51.9 Å². The topological polar surface area (TPSA) is 260 Å². The molecule has 7 rings (SSSR count). The molecule has 1 atom stereocenters. The largest absolute Gasteiger partial charge is 0.396 e. The van der Waals surface area contributed by atoms with Gasteiger partial charge in [-0.15, -0.1) is 11.3 Å². The van der Waals surface area contributed by atoms with Crippen molar-refractivity contribution in [3.8, 4) is 0 Å². The van der Waals surface area contributed by atoms with Gasteiger partial charge in [-0.1, -0.05) is 103 Å². The fourth-order valence-corrected chi connectivity index (χ4v) is 9.23. The number of hydrazine groups is 1. The van der Waals surface area contributed by atoms with E-state index in [1.165, 1.54) is 17.8 Å². The zero-order valence-electron chi connectivity index (χ0n) is 46.1. The molecule has 5 aromatic rings. The van der Waals surface area contributed by atoms with Gasteiger partial charge in [0.15, 0.2) is 5.78 Å². The number of hydrogen-bond donors (Lipinski definition) is 6. The van der Waals surface area contributed by atoms with Crippen LogP contribution in [0.5, 0.6) is 0 Å². The summed E-state index contributed by atoms with van der Waals surface area (Å²) in [6.45, 7) is 16.1. The number of fused-ring (bicyclic) bond motifs is 3. The molecular weight excluding hydrogens is 1010 g/mol. The van der Waals surface area contributed by atoms with Gasteiger partial charge in [0.05, 0.1) is 100 Å². The molecule has 18 nitrogen and oxygen atoms in total. The normalized spacial score (nSPS) is 14.7. The number of Topliss-reactive ketones (excluding diaryl/α,β-unsaturated/α-hetero) is 1. The highest BCUT2D eigenvalue weighted by Crippen LogP contribution is 2.37. The van der Waals surface area contributed by atoms with Crippen LogP contribution in [0.4, 0.5) is 17.1 Å². The molecule has 3 heterocycles. The number of primary amides is 1. The number of nitrogens with one attached hydrogen (secondary N) is 3. The van der Waals surface area contributed by atoms with Crippen molar-refractivity contribution in [3.05, 3.63) is 124 Å². The van der Waals surface area contributed by atoms with Crippen molar-refractivity contribution in [1.29, 1.82) is 0 Å². The second kappa shape index (κ2) is 34.7. The van der Waals surface area contributed by atoms with E-state index in [0.29, 0.717) is 99.0 Å². The summed E-state index contributed by atoms with van der Waals surface area (Å²) in [7, 11) is 0. The lowest BCUT2D eigenvalue weighted by Crippen LogP contribution is -2.37. The van der Waals surface area contributed by atoms with Crippen molar-refractivity contribution in [1.82, 2.24) is 10.3 Å². The Labute approximate surface area is 463 Å². The molecule has 1 fully saturated rings. The summed E-state index contributed by atoms with van der Waals surface area (Å²) >= 11 is 1.34. The van der Waals surface area contributed by atoms with Gasteiger partial charge in [0.25, 0.3) is 5.91 Å². The molecule has 0 aliphatic carbocycles. The van der Waals surface area contributed by atoms with Crippen LogP contribution in [0.3, 0.4) is 0 Å². The lowest BCUT2D eigenvalue weighted by atomic mass is 9.95. The van der Waals surface area contributed by atoms with Crippen LogP contribution in [0.1, 0.15) is 117 Å². The van der Waals surface area contributed by atoms with E-state index in [4.69, 9.17) is 35.3 Å². The highest BCUT2D eigenvalue weighted by Gasteiger charge is 2.27. The second-order valence-electron chi connectivity index (χ2n) is 18.3. The number of hydrogen-bond acceptors (Lipinski definition) is 14. The molecule has 1 saturated heterocycles. The first kappa shape index (κ1) is 63.5. The highest BCUT2D eigenvalue weighted by molar-refractivity contribution is 7.20. The van der Waals surface area contributed by atoms with E-state index in [0.717, 1.165) is 58.3 Å². The quantitative estimate of drug-likeness (QED) is 0.0118. The van der Waals surface area contributed by atoms with Gasteiger partial charge in [-0.2, -0.15) is 0 Å². The maximum atomic E-state index is 13.2. The number of thiophene rings is 1. The molecule has 0 saturated carbocycles. The van der Waals surface area contributed by atoms with Gasteiger partial charge in [0.2, 0.25) is 24.1 Å². The average Bonchev–Trinajstić information content (AvgIpc) is 3.81. The molecule has 1 unspecified atom stereocenters. The van der Waals surface area contributed by atoms with Crippen LogP contribution < -0.4 is 38.2 Å². The number of nitrogens with zero attached hydrogens (tertiary/aromatic N) is 2. The number of nitrogens with two attached hydrogens (primary N) is 3. The first-order chi connectivity index (χ1) is 37.8. The van der Waals surface area contributed by atoms with E-state index in [9.17, 15) is 24.0 Å². The third kappa shape index (κ3) is 19.8. The highest BCUT2D eigenvalue weighted by atomic mass is 32.1. The van der Waals surface area contributed by atoms with Crippen LogP contribution in [0.15, 0.2) is 97.1 Å². The average molecular weight is 1090 g/mol. The molecule has 2 aliphatic heterocycles. The molecular formula is C59H80N8O10S. The molecule has 5 amide bonds. The number of carbonyl (C=O) groups is 6. The first-order valence-electron chi connectivity index (χ1n) is 26.8. The molecule has 4 aromatic carbocycles. The SMILES string of the molecule is CC.CC1CCCCNC1=O.CCCC(=O)N1Cc2ccccc2/C(N(N)CCOCCOCCOCCOCCC(=O)Nc2ccc3sc(C(=O)Nc4ccccc4C(=O)C(C)C)cc3c2)=C(/N)c2ccccc21.NC=O. The van der Waals surface area contributed by atoms with Gasteiger partial charge in [-0.25, -0.2) is 5.84 Å². The smallest absolute Gasteiger partial charge is 0.265 e. The lowest BCUT2D eigenvalue weighted by Gasteiger charge is -2.33. The molecule has 0 spiro atoms. The van der Waals surface area contributed by atoms with Gasteiger partial charge >= 0.3 is 0 Å². The maximum absolute atomic E-state index is 13.2. The lowest BCUT2D eigenvalue weighted by molar-refractivity contribution is -0.124. The summed E-state index contributed by atoms with van der Waals surface area (Å²) in [5, 5.41) is 11.1. The van der Waals surface area contributed by atoms with Crippen LogP contribution in [-0.2, 0) is 44.7 Å². The summed E-state index contributed by atoms with van der Waals surface area (Å²) in [6.07, 6.45) is 5.01. The van der Waals surface area contributed by atoms with Crippen molar-refractivity contribution in [3.63, 3.8) is 0 Å². The Hall–Kier alpha value is -7.00. The number of para-hydroxylation sites is 2. The number of ether oxygens (including phenoxy) is 4. The molecule has 2 aliphatic rings. The Balaban J connectivity index is 0.000000826. The Kier molecular flexibility index (Phi) is 28.3. The zero-order valence-corrected chi connectivity index (χ0v) is 46.9. The van der Waals surface area contributed by atoms with Crippen LogP contribution in [0, 0.1) is 11.8 Å². The fourth-order valence-electron chi connectivity index (χ4n) is 8.29. The van der Waals surface area contributed by atoms with E-state index in [-0.39, 0.29) is 60.7 Å². The summed E-state index contributed by atoms with van der Waals surface area (Å²) in [5.74, 6) is 6.44. The Morgan fingerprint density at radius 3 is 2.10 bits per heavy atom. The van der Waals surface area contributed by atoms with E-state index in [2.05, 4.69) is 21.7 Å². The summed E-state index contributed by atoms with van der Waals surface area (Å²) < 4.78 is 23.6. The minimum atomic E-state index is -0.303. The summed E-state index contributed by atoms with van der Waals surface area (Å²) in [6, 6.07) is 29.8. The van der Waals surface area contributed by atoms with Crippen molar-refractivity contribution < 1.29 is 47.7 Å². The van der Waals surface area contributed by atoms with Crippen molar-refractivity contribution in [2.45, 2.75) is 86.6 Å². The fraction of sp³-hybridized carbons (Fsp3) is 0.424. The Morgan fingerprint density at radius 1 is 0.808 bits per heavy atom. The van der Waals surface area contributed by atoms with Crippen molar-refractivity contribution in [2.24, 2.45) is 29.1 Å². The van der Waals surface area contributed by atoms with Gasteiger partial charge in [-0.05, 0) is 72.7 Å². The van der Waals surface area contributed by atoms with Crippen LogP contribution >= 0.6 is 11.3 Å². The zero-order chi connectivity index (χ0) is 56.8. The van der Waals surface area contributed by atoms with E-state index in [1.807, 2.05) is 107 Å². The minimum Gasteiger partial charge on any atom is -0.396 e. The molecule has 19 heteroatoms. The predicted molar refractivity (Wildman–Crippen MR) is 310 cm³/mol. The third-order valence-electron chi connectivity index (χ3n) is 12.3. The molecule has 0 radical (unpaired) electrons. The summed E-state index contributed by atoms with van der Waals surface area (Å²) in [4.78, 5) is 73.4. The molecule has 0 bridgehead atoms. The van der Waals surface area contributed by atoms with Crippen LogP contribution in [0.2, 0.25) is 0 Å². The third-order valence-corrected chi connectivity index (χ3v) is 13.4. The monoisotopic (exact) mass is 1090 g/mol. The first-order valence-corrected chi connectivity index (χ1v) is 27.6. The van der Waals surface area contributed by atoms with E-state index in [1.54, 1.807) is 41.4 Å². The molecule has 9 N–H and O–H groups in total. The number of rotatable bonds is 23. The van der Waals surface area contributed by atoms with Gasteiger partial charge in [-0.3, -0.25) is 28.8 Å². The second-order valence-corrected chi connectivity index (χ2v) is 19.4. The minimum absolute atomic E-state index is 0.0394. The summed E-state index contributed by atoms with van der Waals surface area (Å²) in [5.41, 5.74) is 17.1. The Bertz CT molecular complexity index is 2750. The van der Waals surface area contributed by atoms with E-state index < -0.39 is 0 Å². The van der Waals surface area contributed by atoms with E-state index >= 15 is 0 Å². The van der Waals surface area contributed by atoms with Crippen LogP contribution in [0.25, 0.3) is 21.5 Å². The standard InChI is InChI=1S/C49H58N6O8S.C7H13NO.C2H6.CH3NO/c1-4-11-45(57)54-32-34-12-5-6-13-37(34)47(46(50)39-15-8-10-17-41(39)54)55(51)21-23-61-25-27-63-29-28-62-26-24-60-22-20-44(56)52-36-18-19-42-35(30-36)31-43(64-42)49(59)53-40-16-9-7-14-38(40)48(58)33(2)3;1-6-4-2-3-5-8-7(6)9;1-2;2-1-3/h5-10,12-19,30-31,33H,4,11,20-29,32,50-51H2,1-3H3,(H,52,56)(H,53,59);6H,2-5H2,1H3,(H,8,9);1-2H3;1H,(H2,2,3)/b47-46-;;;. The molecule has 1 aromatic heterocycles. The predicted octanol–water partition coefficient (Wildman–Crippen LogP) is 8.74. The Morgan fingerprint density at radius 2 is 1.42 bits per heavy atom. The van der Waals surface area contributed by atoms with Gasteiger partial charge in [0.1, 0.15) is 0 Å². The number of benzene rings is 4. The van der Waals surface area contributed by atoms with Crippen molar-refractivity contribution in [2.75, 3.05) is 81.5 Å². The van der Waals surface area contributed by atoms with Gasteiger partial charge < -0.3 is 56.3 Å².